The Labute approximate surface area is 182 Å². The molecule has 1 amide bonds. The number of hydrogen-bond donors (Lipinski definition) is 0. The van der Waals surface area contributed by atoms with Crippen molar-refractivity contribution in [2.45, 2.75) is 19.3 Å². The zero-order valence-corrected chi connectivity index (χ0v) is 17.6. The molecule has 0 unspecified atom stereocenters. The first-order valence-electron chi connectivity index (χ1n) is 11.0. The average molecular weight is 422 g/mol. The summed E-state index contributed by atoms with van der Waals surface area (Å²) < 4.78 is 10.7. The van der Waals surface area contributed by atoms with E-state index in [1.807, 2.05) is 41.4 Å². The highest BCUT2D eigenvalue weighted by molar-refractivity contribution is 5.92. The van der Waals surface area contributed by atoms with Crippen LogP contribution in [0, 0.1) is 0 Å². The third-order valence-corrected chi connectivity index (χ3v) is 6.00. The van der Waals surface area contributed by atoms with Crippen LogP contribution in [0.2, 0.25) is 0 Å². The lowest BCUT2D eigenvalue weighted by Crippen LogP contribution is -2.48. The van der Waals surface area contributed by atoms with Gasteiger partial charge in [-0.1, -0.05) is 6.07 Å². The molecule has 0 aliphatic carbocycles. The second-order valence-electron chi connectivity index (χ2n) is 8.02. The maximum atomic E-state index is 12.6. The van der Waals surface area contributed by atoms with E-state index in [-0.39, 0.29) is 12.7 Å². The number of aromatic nitrogens is 2. The maximum absolute atomic E-state index is 12.6. The summed E-state index contributed by atoms with van der Waals surface area (Å²) in [4.78, 5) is 28.3. The van der Waals surface area contributed by atoms with Gasteiger partial charge in [0.15, 0.2) is 11.5 Å². The van der Waals surface area contributed by atoms with Crippen LogP contribution < -0.4 is 19.3 Å². The minimum absolute atomic E-state index is 0.0222. The zero-order chi connectivity index (χ0) is 21.0. The highest BCUT2D eigenvalue weighted by Gasteiger charge is 2.22. The molecule has 5 rings (SSSR count). The number of nitrogens with zero attached hydrogens (tertiary/aromatic N) is 5. The highest BCUT2D eigenvalue weighted by atomic mass is 16.7. The first kappa shape index (κ1) is 19.7. The number of rotatable bonds is 4. The fourth-order valence-electron chi connectivity index (χ4n) is 4.21. The lowest BCUT2D eigenvalue weighted by molar-refractivity contribution is -0.126. The topological polar surface area (TPSA) is 71.0 Å². The van der Waals surface area contributed by atoms with Gasteiger partial charge in [0.2, 0.25) is 18.6 Å². The number of ether oxygens (including phenoxy) is 2. The number of carbonyl (C=O) groups excluding carboxylic acids is 1. The van der Waals surface area contributed by atoms with Crippen LogP contribution in [0.1, 0.15) is 24.8 Å². The molecule has 2 saturated heterocycles. The quantitative estimate of drug-likeness (QED) is 0.703. The van der Waals surface area contributed by atoms with Crippen molar-refractivity contribution < 1.29 is 14.3 Å². The third kappa shape index (κ3) is 4.42. The molecule has 8 nitrogen and oxygen atoms in total. The molecule has 4 heterocycles. The lowest BCUT2D eigenvalue weighted by Gasteiger charge is -2.35. The van der Waals surface area contributed by atoms with Gasteiger partial charge < -0.3 is 24.2 Å². The number of amides is 1. The Balaban J connectivity index is 1.17. The molecule has 0 spiro atoms. The van der Waals surface area contributed by atoms with Crippen molar-refractivity contribution in [1.82, 2.24) is 14.9 Å². The molecule has 2 fully saturated rings. The van der Waals surface area contributed by atoms with Gasteiger partial charge in [-0.3, -0.25) is 4.79 Å². The van der Waals surface area contributed by atoms with Crippen LogP contribution in [0.15, 0.2) is 36.5 Å². The van der Waals surface area contributed by atoms with Crippen LogP contribution in [-0.4, -0.2) is 66.8 Å². The maximum Gasteiger partial charge on any atom is 0.246 e. The monoisotopic (exact) mass is 421 g/mol. The minimum Gasteiger partial charge on any atom is -0.454 e. The van der Waals surface area contributed by atoms with E-state index in [0.717, 1.165) is 55.0 Å². The molecule has 2 aromatic rings. The molecule has 8 heteroatoms. The number of fused-ring (bicyclic) bond motifs is 1. The summed E-state index contributed by atoms with van der Waals surface area (Å²) in [7, 11) is 0. The molecule has 0 atom stereocenters. The Bertz CT molecular complexity index is 965. The summed E-state index contributed by atoms with van der Waals surface area (Å²) in [5, 5.41) is 0. The first-order valence-corrected chi connectivity index (χ1v) is 11.0. The number of anilines is 2. The summed E-state index contributed by atoms with van der Waals surface area (Å²) >= 11 is 0. The number of piperazine rings is 1. The van der Waals surface area contributed by atoms with E-state index < -0.39 is 0 Å². The van der Waals surface area contributed by atoms with Crippen LogP contribution in [0.3, 0.4) is 0 Å². The Morgan fingerprint density at radius 3 is 2.55 bits per heavy atom. The summed E-state index contributed by atoms with van der Waals surface area (Å²) in [5.74, 6) is 3.25. The van der Waals surface area contributed by atoms with Crippen LogP contribution in [-0.2, 0) is 4.79 Å². The number of benzene rings is 1. The summed E-state index contributed by atoms with van der Waals surface area (Å²) in [6.45, 7) is 5.18. The van der Waals surface area contributed by atoms with Gasteiger partial charge in [0, 0.05) is 51.5 Å². The van der Waals surface area contributed by atoms with Gasteiger partial charge in [0.1, 0.15) is 5.82 Å². The van der Waals surface area contributed by atoms with Gasteiger partial charge in [0.05, 0.1) is 0 Å². The molecule has 31 heavy (non-hydrogen) atoms. The van der Waals surface area contributed by atoms with E-state index in [1.165, 1.54) is 19.3 Å². The van der Waals surface area contributed by atoms with Gasteiger partial charge in [0.25, 0.3) is 0 Å². The molecular formula is C23H27N5O3. The first-order chi connectivity index (χ1) is 15.3. The predicted molar refractivity (Wildman–Crippen MR) is 118 cm³/mol. The van der Waals surface area contributed by atoms with Crippen molar-refractivity contribution in [2.24, 2.45) is 0 Å². The highest BCUT2D eigenvalue weighted by Crippen LogP contribution is 2.32. The SMILES string of the molecule is O=C(/C=C/c1ccc2c(c1)OCO2)N1CCN(c2ccnc(N3CCCCC3)n2)CC1. The van der Waals surface area contributed by atoms with E-state index in [4.69, 9.17) is 14.5 Å². The molecule has 3 aliphatic rings. The summed E-state index contributed by atoms with van der Waals surface area (Å²) in [6, 6.07) is 7.64. The van der Waals surface area contributed by atoms with E-state index >= 15 is 0 Å². The average Bonchev–Trinajstić information content (AvgIpc) is 3.31. The second kappa shape index (κ2) is 8.83. The lowest BCUT2D eigenvalue weighted by atomic mass is 10.1. The predicted octanol–water partition coefficient (Wildman–Crippen LogP) is 2.56. The minimum atomic E-state index is 0.0222. The Kier molecular flexibility index (Phi) is 5.60. The van der Waals surface area contributed by atoms with Gasteiger partial charge in [-0.15, -0.1) is 0 Å². The van der Waals surface area contributed by atoms with E-state index in [0.29, 0.717) is 13.1 Å². The van der Waals surface area contributed by atoms with Gasteiger partial charge in [-0.2, -0.15) is 4.98 Å². The third-order valence-electron chi connectivity index (χ3n) is 6.00. The molecule has 3 aliphatic heterocycles. The molecule has 162 valence electrons. The van der Waals surface area contributed by atoms with Gasteiger partial charge in [-0.25, -0.2) is 4.98 Å². The van der Waals surface area contributed by atoms with Crippen LogP contribution >= 0.6 is 0 Å². The fraction of sp³-hybridized carbons (Fsp3) is 0.435. The largest absolute Gasteiger partial charge is 0.454 e. The number of hydrogen-bond acceptors (Lipinski definition) is 7. The molecular weight excluding hydrogens is 394 g/mol. The summed E-state index contributed by atoms with van der Waals surface area (Å²) in [5.41, 5.74) is 0.919. The molecule has 0 N–H and O–H groups in total. The molecule has 1 aromatic carbocycles. The molecule has 0 bridgehead atoms. The van der Waals surface area contributed by atoms with Crippen molar-refractivity contribution in [3.8, 4) is 11.5 Å². The normalized spacial score (nSPS) is 18.6. The van der Waals surface area contributed by atoms with Gasteiger partial charge in [-0.05, 0) is 49.1 Å². The van der Waals surface area contributed by atoms with Crippen LogP contribution in [0.5, 0.6) is 11.5 Å². The van der Waals surface area contributed by atoms with Crippen molar-refractivity contribution in [2.75, 3.05) is 55.9 Å². The molecule has 1 aromatic heterocycles. The second-order valence-corrected chi connectivity index (χ2v) is 8.02. The van der Waals surface area contributed by atoms with Crippen LogP contribution in [0.4, 0.5) is 11.8 Å². The fourth-order valence-corrected chi connectivity index (χ4v) is 4.21. The Morgan fingerprint density at radius 1 is 0.903 bits per heavy atom. The Hall–Kier alpha value is -3.29. The van der Waals surface area contributed by atoms with Crippen LogP contribution in [0.25, 0.3) is 6.08 Å². The standard InChI is InChI=1S/C23H27N5O3/c29-22(7-5-18-4-6-19-20(16-18)31-17-30-19)27-14-12-26(13-15-27)21-8-9-24-23(25-21)28-10-2-1-3-11-28/h4-9,16H,1-3,10-15,17H2/b7-5+. The number of piperidine rings is 1. The van der Waals surface area contributed by atoms with E-state index in [2.05, 4.69) is 14.8 Å². The van der Waals surface area contributed by atoms with Crippen molar-refractivity contribution in [1.29, 1.82) is 0 Å². The molecule has 0 saturated carbocycles. The summed E-state index contributed by atoms with van der Waals surface area (Å²) in [6.07, 6.45) is 8.99. The van der Waals surface area contributed by atoms with E-state index in [1.54, 1.807) is 6.08 Å². The number of carbonyl (C=O) groups is 1. The van der Waals surface area contributed by atoms with Gasteiger partial charge >= 0.3 is 0 Å². The zero-order valence-electron chi connectivity index (χ0n) is 17.6. The smallest absolute Gasteiger partial charge is 0.246 e. The van der Waals surface area contributed by atoms with Crippen molar-refractivity contribution >= 4 is 23.7 Å². The van der Waals surface area contributed by atoms with Crippen molar-refractivity contribution in [3.63, 3.8) is 0 Å². The Morgan fingerprint density at radius 2 is 1.71 bits per heavy atom. The van der Waals surface area contributed by atoms with E-state index in [9.17, 15) is 4.79 Å². The van der Waals surface area contributed by atoms with Crippen molar-refractivity contribution in [3.05, 3.63) is 42.1 Å². The molecule has 0 radical (unpaired) electrons.